The zero-order chi connectivity index (χ0) is 17.0. The van der Waals surface area contributed by atoms with E-state index in [1.807, 2.05) is 0 Å². The van der Waals surface area contributed by atoms with Crippen LogP contribution in [0.3, 0.4) is 0 Å². The van der Waals surface area contributed by atoms with Crippen molar-refractivity contribution in [3.8, 4) is 5.88 Å². The van der Waals surface area contributed by atoms with Crippen molar-refractivity contribution < 1.29 is 27.8 Å². The van der Waals surface area contributed by atoms with Gasteiger partial charge in [0.2, 0.25) is 5.88 Å². The third-order valence-corrected chi connectivity index (χ3v) is 3.58. The highest BCUT2D eigenvalue weighted by atomic mass is 19.4. The van der Waals surface area contributed by atoms with Crippen molar-refractivity contribution in [3.05, 3.63) is 23.9 Å². The van der Waals surface area contributed by atoms with E-state index in [0.29, 0.717) is 13.0 Å². The van der Waals surface area contributed by atoms with Gasteiger partial charge in [0, 0.05) is 18.7 Å². The summed E-state index contributed by atoms with van der Waals surface area (Å²) < 4.78 is 41.1. The molecular formula is C15H19F3N2O3. The number of aromatic nitrogens is 1. The lowest BCUT2D eigenvalue weighted by molar-refractivity contribution is -0.154. The van der Waals surface area contributed by atoms with Crippen LogP contribution in [0.25, 0.3) is 0 Å². The van der Waals surface area contributed by atoms with Crippen molar-refractivity contribution in [1.82, 2.24) is 9.88 Å². The monoisotopic (exact) mass is 332 g/mol. The summed E-state index contributed by atoms with van der Waals surface area (Å²) in [6.07, 6.45) is -2.90. The number of rotatable bonds is 5. The first-order chi connectivity index (χ1) is 10.8. The minimum atomic E-state index is -4.46. The van der Waals surface area contributed by atoms with Crippen molar-refractivity contribution in [3.63, 3.8) is 0 Å². The molecule has 8 heteroatoms. The Hall–Kier alpha value is -1.83. The highest BCUT2D eigenvalue weighted by molar-refractivity contribution is 5.92. The van der Waals surface area contributed by atoms with E-state index in [-0.39, 0.29) is 23.5 Å². The molecule has 1 amide bonds. The Morgan fingerprint density at radius 1 is 1.52 bits per heavy atom. The molecule has 1 aromatic heterocycles. The van der Waals surface area contributed by atoms with Gasteiger partial charge in [-0.2, -0.15) is 13.2 Å². The Bertz CT molecular complexity index is 549. The number of aliphatic hydroxyl groups is 1. The summed E-state index contributed by atoms with van der Waals surface area (Å²) in [4.78, 5) is 18.0. The summed E-state index contributed by atoms with van der Waals surface area (Å²) in [6, 6.07) is 4.08. The number of likely N-dealkylation sites (tertiary alicyclic amines) is 1. The van der Waals surface area contributed by atoms with E-state index in [0.717, 1.165) is 12.8 Å². The average Bonchev–Trinajstić information content (AvgIpc) is 2.91. The predicted molar refractivity (Wildman–Crippen MR) is 76.1 cm³/mol. The number of nitrogens with zero attached hydrogens (tertiary/aromatic N) is 2. The largest absolute Gasteiger partial charge is 0.468 e. The Morgan fingerprint density at radius 3 is 2.91 bits per heavy atom. The first kappa shape index (κ1) is 17.5. The molecule has 128 valence electrons. The molecule has 0 spiro atoms. The average molecular weight is 332 g/mol. The van der Waals surface area contributed by atoms with Crippen LogP contribution in [0.2, 0.25) is 0 Å². The van der Waals surface area contributed by atoms with Crippen LogP contribution < -0.4 is 4.74 Å². The molecule has 0 saturated carbocycles. The molecule has 5 nitrogen and oxygen atoms in total. The molecule has 2 atom stereocenters. The van der Waals surface area contributed by atoms with Gasteiger partial charge in [-0.1, -0.05) is 6.07 Å². The number of hydrogen-bond acceptors (Lipinski definition) is 4. The Balaban J connectivity index is 2.07. The summed E-state index contributed by atoms with van der Waals surface area (Å²) in [6.45, 7) is 0.752. The van der Waals surface area contributed by atoms with Crippen molar-refractivity contribution in [1.29, 1.82) is 0 Å². The van der Waals surface area contributed by atoms with Crippen LogP contribution >= 0.6 is 0 Å². The number of carbonyl (C=O) groups is 1. The molecule has 0 radical (unpaired) electrons. The molecule has 0 aromatic carbocycles. The number of ether oxygens (including phenoxy) is 1. The normalized spacial score (nSPS) is 19.7. The first-order valence-electron chi connectivity index (χ1n) is 7.42. The van der Waals surface area contributed by atoms with Gasteiger partial charge in [0.1, 0.15) is 5.69 Å². The summed E-state index contributed by atoms with van der Waals surface area (Å²) in [5.74, 6) is -0.593. The van der Waals surface area contributed by atoms with E-state index in [2.05, 4.69) is 9.72 Å². The van der Waals surface area contributed by atoms with Gasteiger partial charge >= 0.3 is 6.18 Å². The van der Waals surface area contributed by atoms with Crippen LogP contribution in [-0.2, 0) is 0 Å². The molecule has 2 heterocycles. The molecule has 1 aliphatic heterocycles. The van der Waals surface area contributed by atoms with Gasteiger partial charge in [-0.3, -0.25) is 4.79 Å². The Kier molecular flexibility index (Phi) is 5.46. The molecule has 1 N–H and O–H groups in total. The number of halogens is 3. The first-order valence-corrected chi connectivity index (χ1v) is 7.42. The molecular weight excluding hydrogens is 313 g/mol. The Morgan fingerprint density at radius 2 is 2.26 bits per heavy atom. The van der Waals surface area contributed by atoms with Crippen LogP contribution in [0.5, 0.6) is 5.88 Å². The summed E-state index contributed by atoms with van der Waals surface area (Å²) in [7, 11) is 0. The highest BCUT2D eigenvalue weighted by Crippen LogP contribution is 2.24. The second-order valence-corrected chi connectivity index (χ2v) is 5.64. The third-order valence-electron chi connectivity index (χ3n) is 3.58. The van der Waals surface area contributed by atoms with Gasteiger partial charge in [0.05, 0.1) is 6.10 Å². The lowest BCUT2D eigenvalue weighted by Crippen LogP contribution is -2.37. The number of carbonyl (C=O) groups excluding carboxylic acids is 1. The van der Waals surface area contributed by atoms with E-state index in [4.69, 9.17) is 0 Å². The smallest absolute Gasteiger partial charge is 0.422 e. The van der Waals surface area contributed by atoms with Crippen molar-refractivity contribution in [2.24, 2.45) is 0 Å². The standard InChI is InChI=1S/C15H19F3N2O3/c1-10(21)8-11-4-3-7-20(11)14(22)12-5-2-6-13(19-12)23-9-15(16,17)18/h2,5-6,10-11,21H,3-4,7-9H2,1H3. The van der Waals surface area contributed by atoms with E-state index in [1.165, 1.54) is 18.2 Å². The van der Waals surface area contributed by atoms with Gasteiger partial charge in [-0.15, -0.1) is 0 Å². The second-order valence-electron chi connectivity index (χ2n) is 5.64. The van der Waals surface area contributed by atoms with Gasteiger partial charge in [0.15, 0.2) is 6.61 Å². The summed E-state index contributed by atoms with van der Waals surface area (Å²) in [5, 5.41) is 9.49. The maximum Gasteiger partial charge on any atom is 0.422 e. The molecule has 2 unspecified atom stereocenters. The van der Waals surface area contributed by atoms with E-state index < -0.39 is 18.9 Å². The van der Waals surface area contributed by atoms with Gasteiger partial charge in [-0.05, 0) is 32.3 Å². The summed E-state index contributed by atoms with van der Waals surface area (Å²) in [5.41, 5.74) is 0.0437. The second kappa shape index (κ2) is 7.16. The summed E-state index contributed by atoms with van der Waals surface area (Å²) >= 11 is 0. The predicted octanol–water partition coefficient (Wildman–Crippen LogP) is 2.40. The van der Waals surface area contributed by atoms with E-state index in [1.54, 1.807) is 11.8 Å². The molecule has 2 rings (SSSR count). The molecule has 23 heavy (non-hydrogen) atoms. The zero-order valence-electron chi connectivity index (χ0n) is 12.7. The number of pyridine rings is 1. The highest BCUT2D eigenvalue weighted by Gasteiger charge is 2.31. The van der Waals surface area contributed by atoms with Crippen LogP contribution in [0.15, 0.2) is 18.2 Å². The van der Waals surface area contributed by atoms with Crippen molar-refractivity contribution >= 4 is 5.91 Å². The van der Waals surface area contributed by atoms with Crippen LogP contribution in [-0.4, -0.2) is 52.4 Å². The fraction of sp³-hybridized carbons (Fsp3) is 0.600. The topological polar surface area (TPSA) is 62.7 Å². The van der Waals surface area contributed by atoms with E-state index in [9.17, 15) is 23.1 Å². The lowest BCUT2D eigenvalue weighted by Gasteiger charge is -2.25. The van der Waals surface area contributed by atoms with E-state index >= 15 is 0 Å². The number of alkyl halides is 3. The molecule has 1 saturated heterocycles. The van der Waals surface area contributed by atoms with Gasteiger partial charge < -0.3 is 14.7 Å². The SMILES string of the molecule is CC(O)CC1CCCN1C(=O)c1cccc(OCC(F)(F)F)n1. The number of hydrogen-bond donors (Lipinski definition) is 1. The fourth-order valence-corrected chi connectivity index (χ4v) is 2.66. The number of aliphatic hydroxyl groups excluding tert-OH is 1. The van der Waals surface area contributed by atoms with Gasteiger partial charge in [0.25, 0.3) is 5.91 Å². The molecule has 1 fully saturated rings. The number of amides is 1. The maximum absolute atomic E-state index is 12.5. The zero-order valence-corrected chi connectivity index (χ0v) is 12.7. The molecule has 0 aliphatic carbocycles. The fourth-order valence-electron chi connectivity index (χ4n) is 2.66. The Labute approximate surface area is 132 Å². The maximum atomic E-state index is 12.5. The molecule has 1 aliphatic rings. The molecule has 0 bridgehead atoms. The van der Waals surface area contributed by atoms with Crippen LogP contribution in [0.4, 0.5) is 13.2 Å². The van der Waals surface area contributed by atoms with Crippen molar-refractivity contribution in [2.75, 3.05) is 13.2 Å². The molecule has 1 aromatic rings. The quantitative estimate of drug-likeness (QED) is 0.899. The minimum Gasteiger partial charge on any atom is -0.468 e. The van der Waals surface area contributed by atoms with Crippen LogP contribution in [0.1, 0.15) is 36.7 Å². The third kappa shape index (κ3) is 5.09. The van der Waals surface area contributed by atoms with Crippen LogP contribution in [0, 0.1) is 0 Å². The van der Waals surface area contributed by atoms with Crippen molar-refractivity contribution in [2.45, 2.75) is 44.5 Å². The lowest BCUT2D eigenvalue weighted by atomic mass is 10.1. The van der Waals surface area contributed by atoms with Gasteiger partial charge in [-0.25, -0.2) is 4.98 Å². The minimum absolute atomic E-state index is 0.0437.